The van der Waals surface area contributed by atoms with Crippen LogP contribution < -0.4 is 5.32 Å². The number of rotatable bonds is 2. The van der Waals surface area contributed by atoms with Crippen molar-refractivity contribution in [1.82, 2.24) is 5.32 Å². The smallest absolute Gasteiger partial charge is 0.294 e. The molecule has 1 aliphatic rings. The van der Waals surface area contributed by atoms with E-state index in [0.29, 0.717) is 5.92 Å². The molecule has 3 rings (SSSR count). The highest BCUT2D eigenvalue weighted by atomic mass is 35.5. The van der Waals surface area contributed by atoms with Crippen LogP contribution in [0.3, 0.4) is 0 Å². The van der Waals surface area contributed by atoms with E-state index < -0.39 is 10.1 Å². The minimum absolute atomic E-state index is 0.0666. The Hall–Kier alpha value is -1.40. The van der Waals surface area contributed by atoms with E-state index in [1.807, 2.05) is 19.1 Å². The van der Waals surface area contributed by atoms with Gasteiger partial charge in [-0.3, -0.25) is 4.55 Å². The van der Waals surface area contributed by atoms with E-state index in [2.05, 4.69) is 17.4 Å². The van der Waals surface area contributed by atoms with Crippen LogP contribution in [0.1, 0.15) is 29.9 Å². The lowest BCUT2D eigenvalue weighted by molar-refractivity contribution is 0.460. The summed E-state index contributed by atoms with van der Waals surface area (Å²) in [5.41, 5.74) is 2.28. The van der Waals surface area contributed by atoms with E-state index in [9.17, 15) is 8.42 Å². The van der Waals surface area contributed by atoms with Gasteiger partial charge in [0.15, 0.2) is 0 Å². The van der Waals surface area contributed by atoms with Crippen LogP contribution in [0.15, 0.2) is 53.4 Å². The van der Waals surface area contributed by atoms with Crippen LogP contribution in [-0.2, 0) is 10.1 Å². The van der Waals surface area contributed by atoms with Gasteiger partial charge in [0.1, 0.15) is 0 Å². The summed E-state index contributed by atoms with van der Waals surface area (Å²) in [6.07, 6.45) is 2.42. The van der Waals surface area contributed by atoms with Gasteiger partial charge in [-0.1, -0.05) is 47.5 Å². The number of nitrogens with one attached hydrogen (secondary N) is 1. The lowest BCUT2D eigenvalue weighted by atomic mass is 9.90. The summed E-state index contributed by atoms with van der Waals surface area (Å²) in [4.78, 5) is -0.0666. The van der Waals surface area contributed by atoms with Crippen LogP contribution in [-0.4, -0.2) is 26.1 Å². The lowest BCUT2D eigenvalue weighted by Gasteiger charge is -2.23. The molecule has 1 heterocycles. The van der Waals surface area contributed by atoms with Gasteiger partial charge >= 0.3 is 0 Å². The molecular weight excluding hydrogens is 346 g/mol. The van der Waals surface area contributed by atoms with Gasteiger partial charge in [0.25, 0.3) is 10.1 Å². The van der Waals surface area contributed by atoms with E-state index in [0.717, 1.165) is 23.7 Å². The number of aryl methyl sites for hydroxylation is 1. The van der Waals surface area contributed by atoms with Gasteiger partial charge in [-0.25, -0.2) is 0 Å². The quantitative estimate of drug-likeness (QED) is 0.786. The first kappa shape index (κ1) is 18.9. The molecule has 0 bridgehead atoms. The maximum atomic E-state index is 10.5. The molecule has 0 atom stereocenters. The maximum Gasteiger partial charge on any atom is 0.294 e. The molecule has 0 unspecified atom stereocenters. The van der Waals surface area contributed by atoms with Crippen LogP contribution in [0.2, 0.25) is 5.02 Å². The predicted octanol–water partition coefficient (Wildman–Crippen LogP) is 4.05. The van der Waals surface area contributed by atoms with Crippen molar-refractivity contribution in [2.45, 2.75) is 30.6 Å². The molecule has 6 heteroatoms. The van der Waals surface area contributed by atoms with E-state index in [-0.39, 0.29) is 4.90 Å². The van der Waals surface area contributed by atoms with Crippen LogP contribution in [0.25, 0.3) is 0 Å². The molecule has 24 heavy (non-hydrogen) atoms. The monoisotopic (exact) mass is 367 g/mol. The second kappa shape index (κ2) is 8.62. The second-order valence-electron chi connectivity index (χ2n) is 5.83. The van der Waals surface area contributed by atoms with Crippen LogP contribution in [0, 0.1) is 6.92 Å². The fourth-order valence-corrected chi connectivity index (χ4v) is 3.42. The van der Waals surface area contributed by atoms with Gasteiger partial charge in [0.2, 0.25) is 0 Å². The molecule has 1 saturated heterocycles. The molecule has 130 valence electrons. The standard InChI is InChI=1S/C11H14ClN.C7H8O3S/c12-11-4-2-1-3-10(11)9-5-7-13-8-6-9;1-6-2-4-7(5-3-6)11(8,9)10/h1-4,9,13H,5-8H2;2-5H,1H3,(H,8,9,10). The molecule has 0 aliphatic carbocycles. The SMILES string of the molecule is Cc1ccc(S(=O)(=O)O)cc1.Clc1ccccc1C1CCNCC1. The summed E-state index contributed by atoms with van der Waals surface area (Å²) in [5.74, 6) is 0.662. The lowest BCUT2D eigenvalue weighted by Crippen LogP contribution is -2.26. The van der Waals surface area contributed by atoms with Crippen molar-refractivity contribution in [1.29, 1.82) is 0 Å². The maximum absolute atomic E-state index is 10.5. The van der Waals surface area contributed by atoms with Gasteiger partial charge in [0, 0.05) is 5.02 Å². The zero-order chi connectivity index (χ0) is 17.6. The third-order valence-electron chi connectivity index (χ3n) is 4.00. The van der Waals surface area contributed by atoms with E-state index in [4.69, 9.17) is 16.2 Å². The summed E-state index contributed by atoms with van der Waals surface area (Å²) < 4.78 is 29.6. The molecule has 2 aromatic carbocycles. The van der Waals surface area contributed by atoms with Crippen molar-refractivity contribution in [2.75, 3.05) is 13.1 Å². The molecule has 0 spiro atoms. The normalized spacial score (nSPS) is 15.5. The fraction of sp³-hybridized carbons (Fsp3) is 0.333. The second-order valence-corrected chi connectivity index (χ2v) is 7.66. The molecule has 1 aliphatic heterocycles. The summed E-state index contributed by atoms with van der Waals surface area (Å²) in [6.45, 7) is 4.08. The minimum atomic E-state index is -4.02. The highest BCUT2D eigenvalue weighted by molar-refractivity contribution is 7.85. The molecule has 0 radical (unpaired) electrons. The van der Waals surface area contributed by atoms with E-state index >= 15 is 0 Å². The zero-order valence-corrected chi connectivity index (χ0v) is 15.1. The summed E-state index contributed by atoms with van der Waals surface area (Å²) in [6, 6.07) is 14.2. The number of piperidine rings is 1. The molecule has 0 saturated carbocycles. The molecule has 0 aromatic heterocycles. The summed E-state index contributed by atoms with van der Waals surface area (Å²) in [7, 11) is -4.02. The van der Waals surface area contributed by atoms with Gasteiger partial charge in [-0.2, -0.15) is 8.42 Å². The topological polar surface area (TPSA) is 66.4 Å². The Morgan fingerprint density at radius 1 is 1.04 bits per heavy atom. The molecule has 1 fully saturated rings. The van der Waals surface area contributed by atoms with Gasteiger partial charge in [-0.05, 0) is 62.5 Å². The van der Waals surface area contributed by atoms with Gasteiger partial charge < -0.3 is 5.32 Å². The van der Waals surface area contributed by atoms with Crippen LogP contribution in [0.5, 0.6) is 0 Å². The molecule has 2 aromatic rings. The highest BCUT2D eigenvalue weighted by Gasteiger charge is 2.16. The number of hydrogen-bond acceptors (Lipinski definition) is 3. The molecule has 0 amide bonds. The third-order valence-corrected chi connectivity index (χ3v) is 5.22. The first-order valence-electron chi connectivity index (χ1n) is 7.87. The minimum Gasteiger partial charge on any atom is -0.317 e. The molecular formula is C18H22ClNO3S. The third kappa shape index (κ3) is 5.60. The Morgan fingerprint density at radius 3 is 2.17 bits per heavy atom. The number of benzene rings is 2. The van der Waals surface area contributed by atoms with E-state index in [1.165, 1.54) is 30.5 Å². The average Bonchev–Trinajstić information content (AvgIpc) is 2.56. The highest BCUT2D eigenvalue weighted by Crippen LogP contribution is 2.30. The number of hydrogen-bond donors (Lipinski definition) is 2. The van der Waals surface area contributed by atoms with Crippen LogP contribution >= 0.6 is 11.6 Å². The Labute approximate surface area is 148 Å². The summed E-state index contributed by atoms with van der Waals surface area (Å²) >= 11 is 6.14. The van der Waals surface area contributed by atoms with Gasteiger partial charge in [0.05, 0.1) is 4.90 Å². The van der Waals surface area contributed by atoms with Gasteiger partial charge in [-0.15, -0.1) is 0 Å². The largest absolute Gasteiger partial charge is 0.317 e. The number of halogens is 1. The Balaban J connectivity index is 0.000000177. The zero-order valence-electron chi connectivity index (χ0n) is 13.6. The fourth-order valence-electron chi connectivity index (χ4n) is 2.65. The molecule has 4 nitrogen and oxygen atoms in total. The first-order valence-corrected chi connectivity index (χ1v) is 9.69. The Morgan fingerprint density at radius 2 is 1.62 bits per heavy atom. The Bertz CT molecular complexity index is 754. The Kier molecular flexibility index (Phi) is 6.80. The van der Waals surface area contributed by atoms with Crippen molar-refractivity contribution in [3.63, 3.8) is 0 Å². The van der Waals surface area contributed by atoms with Crippen molar-refractivity contribution in [2.24, 2.45) is 0 Å². The van der Waals surface area contributed by atoms with Crippen LogP contribution in [0.4, 0.5) is 0 Å². The predicted molar refractivity (Wildman–Crippen MR) is 97.3 cm³/mol. The van der Waals surface area contributed by atoms with Crippen molar-refractivity contribution in [3.05, 3.63) is 64.7 Å². The summed E-state index contributed by atoms with van der Waals surface area (Å²) in [5, 5.41) is 4.29. The van der Waals surface area contributed by atoms with E-state index in [1.54, 1.807) is 12.1 Å². The average molecular weight is 368 g/mol. The molecule has 2 N–H and O–H groups in total. The van der Waals surface area contributed by atoms with Crippen molar-refractivity contribution < 1.29 is 13.0 Å². The first-order chi connectivity index (χ1) is 11.4. The van der Waals surface area contributed by atoms with Crippen molar-refractivity contribution in [3.8, 4) is 0 Å². The van der Waals surface area contributed by atoms with Crippen molar-refractivity contribution >= 4 is 21.7 Å².